The molecule has 9 heteroatoms. The van der Waals surface area contributed by atoms with Crippen LogP contribution in [0.25, 0.3) is 11.2 Å². The van der Waals surface area contributed by atoms with Gasteiger partial charge in [-0.15, -0.1) is 0 Å². The lowest BCUT2D eigenvalue weighted by Crippen LogP contribution is -2.40. The van der Waals surface area contributed by atoms with Crippen LogP contribution < -0.4 is 16.3 Å². The van der Waals surface area contributed by atoms with Gasteiger partial charge >= 0.3 is 5.69 Å². The molecule has 0 saturated heterocycles. The predicted octanol–water partition coefficient (Wildman–Crippen LogP) is 0.320. The number of methoxy groups -OCH3 is 1. The zero-order valence-electron chi connectivity index (χ0n) is 14.6. The van der Waals surface area contributed by atoms with Gasteiger partial charge in [-0.2, -0.15) is 10.1 Å². The van der Waals surface area contributed by atoms with Gasteiger partial charge in [-0.25, -0.2) is 9.80 Å². The Hall–Kier alpha value is -2.42. The first-order valence-electron chi connectivity index (χ1n) is 7.95. The molecule has 0 N–H and O–H groups in total. The third kappa shape index (κ3) is 2.19. The van der Waals surface area contributed by atoms with Crippen molar-refractivity contribution in [2.24, 2.45) is 12.1 Å². The summed E-state index contributed by atoms with van der Waals surface area (Å²) in [5.74, 6) is 0.557. The number of hydrogen-bond donors (Lipinski definition) is 0. The lowest BCUT2D eigenvalue weighted by atomic mass is 10.2. The summed E-state index contributed by atoms with van der Waals surface area (Å²) in [6.45, 7) is 6.98. The van der Waals surface area contributed by atoms with Gasteiger partial charge in [0, 0.05) is 20.7 Å². The molecule has 9 nitrogen and oxygen atoms in total. The molecular formula is C15H22N6O3. The number of imidazole rings is 1. The van der Waals surface area contributed by atoms with Crippen molar-refractivity contribution in [2.45, 2.75) is 33.4 Å². The number of hydrogen-bond acceptors (Lipinski definition) is 6. The van der Waals surface area contributed by atoms with Crippen LogP contribution in [0.4, 0.5) is 5.95 Å². The van der Waals surface area contributed by atoms with Crippen molar-refractivity contribution in [3.05, 3.63) is 20.8 Å². The van der Waals surface area contributed by atoms with E-state index in [0.717, 1.165) is 5.71 Å². The Morgan fingerprint density at radius 1 is 1.29 bits per heavy atom. The summed E-state index contributed by atoms with van der Waals surface area (Å²) in [6.07, 6.45) is 0. The van der Waals surface area contributed by atoms with Crippen molar-refractivity contribution in [2.75, 3.05) is 25.3 Å². The zero-order chi connectivity index (χ0) is 17.6. The van der Waals surface area contributed by atoms with Gasteiger partial charge in [0.25, 0.3) is 5.56 Å². The van der Waals surface area contributed by atoms with Gasteiger partial charge in [-0.1, -0.05) is 0 Å². The number of rotatable bonds is 4. The largest absolute Gasteiger partial charge is 0.383 e. The van der Waals surface area contributed by atoms with Crippen LogP contribution in [0, 0.1) is 0 Å². The molecule has 0 spiro atoms. The zero-order valence-corrected chi connectivity index (χ0v) is 14.6. The summed E-state index contributed by atoms with van der Waals surface area (Å²) >= 11 is 0. The number of nitrogens with zero attached hydrogens (tertiary/aromatic N) is 6. The first kappa shape index (κ1) is 16.4. The summed E-state index contributed by atoms with van der Waals surface area (Å²) < 4.78 is 9.64. The minimum Gasteiger partial charge on any atom is -0.383 e. The van der Waals surface area contributed by atoms with E-state index in [1.165, 1.54) is 9.13 Å². The molecule has 1 atom stereocenters. The fraction of sp³-hybridized carbons (Fsp3) is 0.600. The van der Waals surface area contributed by atoms with Crippen LogP contribution >= 0.6 is 0 Å². The van der Waals surface area contributed by atoms with Crippen molar-refractivity contribution in [3.63, 3.8) is 0 Å². The molecule has 3 rings (SSSR count). The Bertz CT molecular complexity index is 935. The Kier molecular flexibility index (Phi) is 4.04. The lowest BCUT2D eigenvalue weighted by molar-refractivity contribution is 0.204. The van der Waals surface area contributed by atoms with E-state index in [2.05, 4.69) is 10.1 Å². The highest BCUT2D eigenvalue weighted by Gasteiger charge is 2.30. The highest BCUT2D eigenvalue weighted by Crippen LogP contribution is 2.29. The Balaban J connectivity index is 2.36. The van der Waals surface area contributed by atoms with E-state index in [1.807, 2.05) is 18.4 Å². The number of ether oxygens (including phenoxy) is 1. The number of aryl methyl sites for hydroxylation is 1. The molecule has 2 aromatic rings. The molecule has 0 bridgehead atoms. The molecule has 1 aliphatic rings. The molecule has 0 aliphatic carbocycles. The van der Waals surface area contributed by atoms with Crippen molar-refractivity contribution < 1.29 is 4.74 Å². The third-order valence-electron chi connectivity index (χ3n) is 4.48. The van der Waals surface area contributed by atoms with E-state index < -0.39 is 0 Å². The van der Waals surface area contributed by atoms with Crippen LogP contribution in [-0.2, 0) is 18.3 Å². The normalized spacial score (nSPS) is 17.3. The summed E-state index contributed by atoms with van der Waals surface area (Å²) in [7, 11) is 3.25. The standard InChI is InChI=1S/C15H22N6O3/c1-6-19-13(22)11-12(18(4)15(19)23)16-14-20(7-8-24-5)17-9(2)10(3)21(11)14/h10H,6-8H2,1-5H3. The van der Waals surface area contributed by atoms with Crippen LogP contribution in [0.5, 0.6) is 0 Å². The van der Waals surface area contributed by atoms with Crippen molar-refractivity contribution in [3.8, 4) is 0 Å². The summed E-state index contributed by atoms with van der Waals surface area (Å²) in [6, 6.07) is -0.112. The summed E-state index contributed by atoms with van der Waals surface area (Å²) in [5.41, 5.74) is 0.998. The van der Waals surface area contributed by atoms with Gasteiger partial charge in [0.05, 0.1) is 24.9 Å². The molecule has 0 radical (unpaired) electrons. The first-order valence-corrected chi connectivity index (χ1v) is 7.95. The van der Waals surface area contributed by atoms with E-state index in [0.29, 0.717) is 36.8 Å². The Morgan fingerprint density at radius 3 is 2.62 bits per heavy atom. The first-order chi connectivity index (χ1) is 11.4. The number of hydrazone groups is 1. The van der Waals surface area contributed by atoms with E-state index >= 15 is 0 Å². The molecule has 1 aliphatic heterocycles. The predicted molar refractivity (Wildman–Crippen MR) is 92.0 cm³/mol. The summed E-state index contributed by atoms with van der Waals surface area (Å²) in [4.78, 5) is 29.8. The number of anilines is 1. The minimum atomic E-state index is -0.362. The van der Waals surface area contributed by atoms with Crippen LogP contribution in [0.15, 0.2) is 14.7 Å². The number of aromatic nitrogens is 4. The lowest BCUT2D eigenvalue weighted by Gasteiger charge is -2.28. The monoisotopic (exact) mass is 334 g/mol. The Labute approximate surface area is 138 Å². The fourth-order valence-corrected chi connectivity index (χ4v) is 2.99. The van der Waals surface area contributed by atoms with E-state index in [4.69, 9.17) is 4.74 Å². The third-order valence-corrected chi connectivity index (χ3v) is 4.48. The quantitative estimate of drug-likeness (QED) is 0.804. The second-order valence-corrected chi connectivity index (χ2v) is 5.88. The van der Waals surface area contributed by atoms with Gasteiger partial charge in [0.1, 0.15) is 0 Å². The van der Waals surface area contributed by atoms with Gasteiger partial charge in [-0.05, 0) is 20.8 Å². The van der Waals surface area contributed by atoms with Gasteiger partial charge in [-0.3, -0.25) is 18.5 Å². The highest BCUT2D eigenvalue weighted by molar-refractivity contribution is 5.91. The van der Waals surface area contributed by atoms with E-state index in [-0.39, 0.29) is 17.3 Å². The van der Waals surface area contributed by atoms with Gasteiger partial charge in [0.2, 0.25) is 5.95 Å². The van der Waals surface area contributed by atoms with E-state index in [9.17, 15) is 9.59 Å². The SMILES string of the molecule is CCn1c(=O)c2c(nc3n2C(C)C(C)=NN3CCOC)n(C)c1=O. The summed E-state index contributed by atoms with van der Waals surface area (Å²) in [5, 5.41) is 6.27. The molecule has 24 heavy (non-hydrogen) atoms. The fourth-order valence-electron chi connectivity index (χ4n) is 2.99. The molecule has 0 aromatic carbocycles. The van der Waals surface area contributed by atoms with Crippen molar-refractivity contribution in [1.29, 1.82) is 0 Å². The topological polar surface area (TPSA) is 86.7 Å². The molecule has 2 aromatic heterocycles. The van der Waals surface area contributed by atoms with Crippen LogP contribution in [0.3, 0.4) is 0 Å². The number of fused-ring (bicyclic) bond motifs is 3. The van der Waals surface area contributed by atoms with Crippen LogP contribution in [0.1, 0.15) is 26.8 Å². The molecule has 0 saturated carbocycles. The second-order valence-electron chi connectivity index (χ2n) is 5.88. The minimum absolute atomic E-state index is 0.112. The van der Waals surface area contributed by atoms with Crippen LogP contribution in [0.2, 0.25) is 0 Å². The maximum Gasteiger partial charge on any atom is 0.332 e. The average molecular weight is 334 g/mol. The average Bonchev–Trinajstić information content (AvgIpc) is 2.96. The second kappa shape index (κ2) is 5.90. The molecule has 0 fully saturated rings. The van der Waals surface area contributed by atoms with Crippen molar-refractivity contribution >= 4 is 22.8 Å². The van der Waals surface area contributed by atoms with Gasteiger partial charge in [0.15, 0.2) is 11.2 Å². The molecule has 130 valence electrons. The molecule has 1 unspecified atom stereocenters. The highest BCUT2D eigenvalue weighted by atomic mass is 16.5. The van der Waals surface area contributed by atoms with E-state index in [1.54, 1.807) is 26.1 Å². The molecular weight excluding hydrogens is 312 g/mol. The molecule has 3 heterocycles. The maximum absolute atomic E-state index is 12.8. The smallest absolute Gasteiger partial charge is 0.332 e. The maximum atomic E-state index is 12.8. The van der Waals surface area contributed by atoms with Crippen LogP contribution in [-0.4, -0.2) is 44.7 Å². The Morgan fingerprint density at radius 2 is 2.00 bits per heavy atom. The van der Waals surface area contributed by atoms with Crippen molar-refractivity contribution in [1.82, 2.24) is 18.7 Å². The molecule has 0 amide bonds. The van der Waals surface area contributed by atoms with Gasteiger partial charge < -0.3 is 4.74 Å².